The molecule has 1 aliphatic rings. The van der Waals surface area contributed by atoms with Crippen molar-refractivity contribution in [2.75, 3.05) is 33.7 Å². The second-order valence-corrected chi connectivity index (χ2v) is 6.43. The summed E-state index contributed by atoms with van der Waals surface area (Å²) in [6.07, 6.45) is 5.44. The Labute approximate surface area is 131 Å². The van der Waals surface area contributed by atoms with Gasteiger partial charge in [0.15, 0.2) is 5.78 Å². The molecular formula is C15H25ClN4O. The molecule has 0 aromatic carbocycles. The van der Waals surface area contributed by atoms with Crippen LogP contribution >= 0.6 is 11.6 Å². The van der Waals surface area contributed by atoms with E-state index in [4.69, 9.17) is 11.6 Å². The van der Waals surface area contributed by atoms with Crippen molar-refractivity contribution in [3.8, 4) is 0 Å². The quantitative estimate of drug-likeness (QED) is 0.783. The van der Waals surface area contributed by atoms with Crippen LogP contribution < -0.4 is 5.32 Å². The van der Waals surface area contributed by atoms with Crippen molar-refractivity contribution in [3.63, 3.8) is 0 Å². The molecule has 0 spiro atoms. The summed E-state index contributed by atoms with van der Waals surface area (Å²) in [7, 11) is 4.01. The first kappa shape index (κ1) is 16.5. The normalized spacial score (nSPS) is 16.6. The largest absolute Gasteiger partial charge is 0.317 e. The molecule has 2 rings (SSSR count). The van der Waals surface area contributed by atoms with Gasteiger partial charge in [-0.15, -0.1) is 0 Å². The SMILES string of the molecule is CN(C)CCn1ncc(Cl)c1C(=O)CCC1CCNCC1. The predicted molar refractivity (Wildman–Crippen MR) is 84.9 cm³/mol. The van der Waals surface area contributed by atoms with Gasteiger partial charge in [0.1, 0.15) is 5.69 Å². The Morgan fingerprint density at radius 3 is 2.86 bits per heavy atom. The number of nitrogens with one attached hydrogen (secondary N) is 1. The number of rotatable bonds is 7. The second kappa shape index (κ2) is 7.92. The van der Waals surface area contributed by atoms with Gasteiger partial charge in [-0.05, 0) is 52.4 Å². The Morgan fingerprint density at radius 2 is 2.19 bits per heavy atom. The standard InChI is InChI=1S/C15H25ClN4O/c1-19(2)9-10-20-15(13(16)11-18-20)14(21)4-3-12-5-7-17-8-6-12/h11-12,17H,3-10H2,1-2H3. The molecule has 1 aliphatic heterocycles. The van der Waals surface area contributed by atoms with Crippen LogP contribution in [-0.4, -0.2) is 54.2 Å². The number of carbonyl (C=O) groups is 1. The third kappa shape index (κ3) is 4.80. The van der Waals surface area contributed by atoms with Gasteiger partial charge >= 0.3 is 0 Å². The van der Waals surface area contributed by atoms with Crippen LogP contribution in [-0.2, 0) is 6.54 Å². The zero-order valence-corrected chi connectivity index (χ0v) is 13.7. The molecular weight excluding hydrogens is 288 g/mol. The first-order chi connectivity index (χ1) is 10.1. The highest BCUT2D eigenvalue weighted by molar-refractivity contribution is 6.33. The molecule has 0 radical (unpaired) electrons. The van der Waals surface area contributed by atoms with E-state index in [2.05, 4.69) is 15.3 Å². The van der Waals surface area contributed by atoms with Crippen LogP contribution in [0, 0.1) is 5.92 Å². The van der Waals surface area contributed by atoms with E-state index in [0.29, 0.717) is 29.6 Å². The predicted octanol–water partition coefficient (Wildman–Crippen LogP) is 2.06. The van der Waals surface area contributed by atoms with Gasteiger partial charge in [0, 0.05) is 13.0 Å². The summed E-state index contributed by atoms with van der Waals surface area (Å²) >= 11 is 6.15. The molecule has 118 valence electrons. The fourth-order valence-electron chi connectivity index (χ4n) is 2.73. The van der Waals surface area contributed by atoms with Crippen LogP contribution in [0.3, 0.4) is 0 Å². The molecule has 6 heteroatoms. The average molecular weight is 313 g/mol. The fourth-order valence-corrected chi connectivity index (χ4v) is 2.97. The summed E-state index contributed by atoms with van der Waals surface area (Å²) in [6, 6.07) is 0. The Balaban J connectivity index is 1.92. The van der Waals surface area contributed by atoms with E-state index in [1.54, 1.807) is 10.9 Å². The zero-order chi connectivity index (χ0) is 15.2. The lowest BCUT2D eigenvalue weighted by Crippen LogP contribution is -2.28. The minimum absolute atomic E-state index is 0.120. The van der Waals surface area contributed by atoms with Crippen molar-refractivity contribution >= 4 is 17.4 Å². The monoisotopic (exact) mass is 312 g/mol. The van der Waals surface area contributed by atoms with Gasteiger partial charge in [0.25, 0.3) is 0 Å². The number of carbonyl (C=O) groups excluding carboxylic acids is 1. The molecule has 0 saturated carbocycles. The number of Topliss-reactive ketones (excluding diaryl/α,β-unsaturated/α-hetero) is 1. The molecule has 0 unspecified atom stereocenters. The van der Waals surface area contributed by atoms with Crippen LogP contribution in [0.15, 0.2) is 6.20 Å². The van der Waals surface area contributed by atoms with E-state index < -0.39 is 0 Å². The van der Waals surface area contributed by atoms with Gasteiger partial charge in [-0.3, -0.25) is 9.48 Å². The second-order valence-electron chi connectivity index (χ2n) is 6.02. The van der Waals surface area contributed by atoms with Gasteiger partial charge in [0.05, 0.1) is 17.8 Å². The van der Waals surface area contributed by atoms with Gasteiger partial charge in [-0.1, -0.05) is 11.6 Å². The van der Waals surface area contributed by atoms with E-state index in [0.717, 1.165) is 26.1 Å². The summed E-state index contributed by atoms with van der Waals surface area (Å²) in [6.45, 7) is 3.67. The zero-order valence-electron chi connectivity index (χ0n) is 12.9. The minimum Gasteiger partial charge on any atom is -0.317 e. The molecule has 1 aromatic heterocycles. The number of likely N-dealkylation sites (N-methyl/N-ethyl adjacent to an activating group) is 1. The van der Waals surface area contributed by atoms with Crippen molar-refractivity contribution in [2.24, 2.45) is 5.92 Å². The lowest BCUT2D eigenvalue weighted by Gasteiger charge is -2.22. The van der Waals surface area contributed by atoms with Gasteiger partial charge in [0.2, 0.25) is 0 Å². The summed E-state index contributed by atoms with van der Waals surface area (Å²) in [5.41, 5.74) is 0.576. The highest BCUT2D eigenvalue weighted by Gasteiger charge is 2.20. The Bertz CT molecular complexity index is 466. The number of hydrogen-bond donors (Lipinski definition) is 1. The van der Waals surface area contributed by atoms with Crippen LogP contribution in [0.5, 0.6) is 0 Å². The van der Waals surface area contributed by atoms with Crippen LogP contribution in [0.1, 0.15) is 36.2 Å². The fraction of sp³-hybridized carbons (Fsp3) is 0.733. The number of nitrogens with zero attached hydrogens (tertiary/aromatic N) is 3. The van der Waals surface area contributed by atoms with Crippen molar-refractivity contribution in [3.05, 3.63) is 16.9 Å². The average Bonchev–Trinajstić information content (AvgIpc) is 2.85. The lowest BCUT2D eigenvalue weighted by molar-refractivity contribution is 0.0959. The molecule has 2 heterocycles. The molecule has 5 nitrogen and oxygen atoms in total. The number of aromatic nitrogens is 2. The lowest BCUT2D eigenvalue weighted by atomic mass is 9.92. The van der Waals surface area contributed by atoms with Crippen molar-refractivity contribution in [1.82, 2.24) is 20.0 Å². The van der Waals surface area contributed by atoms with Gasteiger partial charge in [-0.2, -0.15) is 5.10 Å². The molecule has 0 bridgehead atoms. The summed E-state index contributed by atoms with van der Waals surface area (Å²) in [4.78, 5) is 14.5. The van der Waals surface area contributed by atoms with Crippen molar-refractivity contribution in [2.45, 2.75) is 32.2 Å². The minimum atomic E-state index is 0.120. The Kier molecular flexibility index (Phi) is 6.21. The molecule has 0 atom stereocenters. The first-order valence-corrected chi connectivity index (χ1v) is 8.05. The molecule has 0 amide bonds. The highest BCUT2D eigenvalue weighted by Crippen LogP contribution is 2.22. The van der Waals surface area contributed by atoms with Crippen LogP contribution in [0.25, 0.3) is 0 Å². The topological polar surface area (TPSA) is 50.2 Å². The Hall–Kier alpha value is -0.910. The molecule has 1 saturated heterocycles. The number of piperidine rings is 1. The smallest absolute Gasteiger partial charge is 0.182 e. The van der Waals surface area contributed by atoms with Crippen molar-refractivity contribution < 1.29 is 4.79 Å². The maximum Gasteiger partial charge on any atom is 0.182 e. The van der Waals surface area contributed by atoms with E-state index in [1.165, 1.54) is 12.8 Å². The summed E-state index contributed by atoms with van der Waals surface area (Å²) in [5.74, 6) is 0.780. The third-order valence-electron chi connectivity index (χ3n) is 4.06. The third-order valence-corrected chi connectivity index (χ3v) is 4.33. The van der Waals surface area contributed by atoms with E-state index >= 15 is 0 Å². The number of ketones is 1. The molecule has 1 fully saturated rings. The summed E-state index contributed by atoms with van der Waals surface area (Å²) < 4.78 is 1.74. The molecule has 1 aromatic rings. The van der Waals surface area contributed by atoms with Gasteiger partial charge in [-0.25, -0.2) is 0 Å². The summed E-state index contributed by atoms with van der Waals surface area (Å²) in [5, 5.41) is 8.06. The van der Waals surface area contributed by atoms with Crippen LogP contribution in [0.2, 0.25) is 5.02 Å². The number of halogens is 1. The molecule has 1 N–H and O–H groups in total. The first-order valence-electron chi connectivity index (χ1n) is 7.68. The van der Waals surface area contributed by atoms with Gasteiger partial charge < -0.3 is 10.2 Å². The number of hydrogen-bond acceptors (Lipinski definition) is 4. The Morgan fingerprint density at radius 1 is 1.48 bits per heavy atom. The van der Waals surface area contributed by atoms with Crippen molar-refractivity contribution in [1.29, 1.82) is 0 Å². The van der Waals surface area contributed by atoms with E-state index in [1.807, 2.05) is 14.1 Å². The maximum atomic E-state index is 12.5. The van der Waals surface area contributed by atoms with E-state index in [-0.39, 0.29) is 5.78 Å². The molecule has 21 heavy (non-hydrogen) atoms. The molecule has 0 aliphatic carbocycles. The highest BCUT2D eigenvalue weighted by atomic mass is 35.5. The van der Waals surface area contributed by atoms with E-state index in [9.17, 15) is 4.79 Å². The maximum absolute atomic E-state index is 12.5. The van der Waals surface area contributed by atoms with Crippen LogP contribution in [0.4, 0.5) is 0 Å².